The second-order valence-electron chi connectivity index (χ2n) is 1.17. The maximum Gasteiger partial charge on any atom is 0.0487 e. The van der Waals surface area contributed by atoms with Crippen LogP contribution in [0.3, 0.4) is 0 Å². The summed E-state index contributed by atoms with van der Waals surface area (Å²) in [5, 5.41) is 0. The van der Waals surface area contributed by atoms with Gasteiger partial charge in [-0.2, -0.15) is 0 Å². The van der Waals surface area contributed by atoms with Gasteiger partial charge in [0.05, 0.1) is 0 Å². The monoisotopic (exact) mass is 260 g/mol. The molecule has 0 saturated heterocycles. The summed E-state index contributed by atoms with van der Waals surface area (Å²) in [6, 6.07) is 0. The Morgan fingerprint density at radius 2 is 2.14 bits per heavy atom. The first-order chi connectivity index (χ1) is 2.77. The van der Waals surface area contributed by atoms with Crippen molar-refractivity contribution >= 4 is 5.91 Å². The van der Waals surface area contributed by atoms with E-state index in [-0.39, 0.29) is 46.9 Å². The first-order valence-corrected chi connectivity index (χ1v) is 2.01. The molecule has 7 heavy (non-hydrogen) atoms. The largest absolute Gasteiger partial charge is 0.668 e. The molecule has 1 N–H and O–H groups in total. The standard InChI is InChI=1S/C4H9NO.Yb/c1-2-3-4(5)6;/h2-3H2,1H3,(H2,5,6);/p-1. The Labute approximate surface area is 82.1 Å². The van der Waals surface area contributed by atoms with Crippen molar-refractivity contribution in [1.29, 1.82) is 0 Å². The summed E-state index contributed by atoms with van der Waals surface area (Å²) in [4.78, 5) is 9.71. The van der Waals surface area contributed by atoms with Gasteiger partial charge in [0.15, 0.2) is 0 Å². The molecule has 0 bridgehead atoms. The quantitative estimate of drug-likeness (QED) is 0.738. The number of amides is 1. The molecular formula is C4H8NOYb-. The van der Waals surface area contributed by atoms with Gasteiger partial charge in [-0.15, -0.1) is 0 Å². The van der Waals surface area contributed by atoms with Gasteiger partial charge in [0.25, 0.3) is 0 Å². The number of rotatable bonds is 2. The molecule has 0 aromatic rings. The molecule has 2 nitrogen and oxygen atoms in total. The Morgan fingerprint density at radius 1 is 1.71 bits per heavy atom. The van der Waals surface area contributed by atoms with Crippen molar-refractivity contribution in [1.82, 2.24) is 0 Å². The molecule has 0 aliphatic heterocycles. The molecule has 3 heteroatoms. The Bertz CT molecular complexity index is 55.7. The molecule has 0 aliphatic carbocycles. The van der Waals surface area contributed by atoms with E-state index in [0.29, 0.717) is 6.42 Å². The van der Waals surface area contributed by atoms with Crippen LogP contribution in [0.2, 0.25) is 0 Å². The Kier molecular flexibility index (Phi) is 10.9. The maximum atomic E-state index is 9.71. The van der Waals surface area contributed by atoms with E-state index in [4.69, 9.17) is 5.73 Å². The van der Waals surface area contributed by atoms with Crippen LogP contribution in [0.5, 0.6) is 0 Å². The molecule has 0 aromatic heterocycles. The second-order valence-corrected chi connectivity index (χ2v) is 1.17. The normalized spacial score (nSPS) is 7.00. The number of hydrogen-bond acceptors (Lipinski definition) is 1. The summed E-state index contributed by atoms with van der Waals surface area (Å²) in [6.07, 6.45) is 1.20. The van der Waals surface area contributed by atoms with Crippen LogP contribution in [0.25, 0.3) is 5.73 Å². The molecule has 0 aromatic carbocycles. The number of hydrogen-bond donors (Lipinski definition) is 0. The molecule has 0 radical (unpaired) electrons. The van der Waals surface area contributed by atoms with Crippen LogP contribution in [-0.4, -0.2) is 5.91 Å². The van der Waals surface area contributed by atoms with Crippen LogP contribution in [0.4, 0.5) is 0 Å². The number of carbonyl (C=O) groups is 1. The maximum absolute atomic E-state index is 9.71. The second kappa shape index (κ2) is 6.99. The van der Waals surface area contributed by atoms with Crippen LogP contribution in [-0.2, 0) is 4.79 Å². The van der Waals surface area contributed by atoms with Crippen molar-refractivity contribution in [2.24, 2.45) is 0 Å². The van der Waals surface area contributed by atoms with Crippen LogP contribution in [0.1, 0.15) is 19.8 Å². The van der Waals surface area contributed by atoms with E-state index in [0.717, 1.165) is 6.42 Å². The van der Waals surface area contributed by atoms with Crippen molar-refractivity contribution in [3.05, 3.63) is 5.73 Å². The van der Waals surface area contributed by atoms with Gasteiger partial charge in [-0.1, -0.05) is 13.3 Å². The summed E-state index contributed by atoms with van der Waals surface area (Å²) in [5.41, 5.74) is 6.34. The van der Waals surface area contributed by atoms with E-state index >= 15 is 0 Å². The molecule has 0 spiro atoms. The fourth-order valence-corrected chi connectivity index (χ4v) is 0.227. The molecule has 0 aliphatic rings. The molecule has 50 valence electrons. The summed E-state index contributed by atoms with van der Waals surface area (Å²) in [7, 11) is 0. The zero-order chi connectivity index (χ0) is 4.99. The van der Waals surface area contributed by atoms with E-state index in [9.17, 15) is 4.79 Å². The Balaban J connectivity index is 0. The molecule has 0 atom stereocenters. The van der Waals surface area contributed by atoms with E-state index in [1.807, 2.05) is 6.92 Å². The topological polar surface area (TPSA) is 40.9 Å². The van der Waals surface area contributed by atoms with Gasteiger partial charge in [0.1, 0.15) is 0 Å². The predicted molar refractivity (Wildman–Crippen MR) is 24.2 cm³/mol. The predicted octanol–water partition coefficient (Wildman–Crippen LogP) is 1.37. The Morgan fingerprint density at radius 3 is 2.14 bits per heavy atom. The molecule has 0 heterocycles. The average molecular weight is 259 g/mol. The smallest absolute Gasteiger partial charge is 0.0487 e. The van der Waals surface area contributed by atoms with Crippen LogP contribution in [0.15, 0.2) is 0 Å². The fourth-order valence-electron chi connectivity index (χ4n) is 0.227. The summed E-state index contributed by atoms with van der Waals surface area (Å²) in [6.45, 7) is 1.88. The van der Waals surface area contributed by atoms with Crippen LogP contribution >= 0.6 is 0 Å². The Hall–Kier alpha value is 0.989. The van der Waals surface area contributed by atoms with Crippen LogP contribution in [0, 0.1) is 46.9 Å². The zero-order valence-electron chi connectivity index (χ0n) is 4.09. The summed E-state index contributed by atoms with van der Waals surface area (Å²) in [5.74, 6) is -0.461. The minimum absolute atomic E-state index is 0. The third kappa shape index (κ3) is 10.9. The SMILES string of the molecule is CCCC([NH-])=O.[Yb]. The van der Waals surface area contributed by atoms with Crippen molar-refractivity contribution < 1.29 is 51.7 Å². The zero-order valence-corrected chi connectivity index (χ0v) is 5.80. The average Bonchev–Trinajstić information content (AvgIpc) is 1.35. The van der Waals surface area contributed by atoms with Gasteiger partial charge in [0, 0.05) is 52.8 Å². The van der Waals surface area contributed by atoms with Crippen molar-refractivity contribution in [3.8, 4) is 0 Å². The van der Waals surface area contributed by atoms with Crippen LogP contribution < -0.4 is 0 Å². The molecular weight excluding hydrogens is 251 g/mol. The van der Waals surface area contributed by atoms with Gasteiger partial charge in [-0.05, 0) is 6.42 Å². The minimum Gasteiger partial charge on any atom is -0.668 e. The van der Waals surface area contributed by atoms with Gasteiger partial charge in [0.2, 0.25) is 0 Å². The molecule has 0 unspecified atom stereocenters. The van der Waals surface area contributed by atoms with E-state index in [1.165, 1.54) is 0 Å². The first kappa shape index (κ1) is 10.9. The van der Waals surface area contributed by atoms with Gasteiger partial charge < -0.3 is 10.5 Å². The molecule has 1 amide bonds. The van der Waals surface area contributed by atoms with Crippen molar-refractivity contribution in [3.63, 3.8) is 0 Å². The third-order valence-corrected chi connectivity index (χ3v) is 0.477. The number of carbonyl (C=O) groups excluding carboxylic acids is 1. The summed E-state index contributed by atoms with van der Waals surface area (Å²) < 4.78 is 0. The van der Waals surface area contributed by atoms with E-state index in [2.05, 4.69) is 0 Å². The van der Waals surface area contributed by atoms with Gasteiger partial charge >= 0.3 is 0 Å². The fraction of sp³-hybridized carbons (Fsp3) is 0.750. The first-order valence-electron chi connectivity index (χ1n) is 2.01. The van der Waals surface area contributed by atoms with Crippen molar-refractivity contribution in [2.45, 2.75) is 19.8 Å². The molecule has 0 rings (SSSR count). The summed E-state index contributed by atoms with van der Waals surface area (Å²) >= 11 is 0. The number of nitrogens with one attached hydrogen (secondary N) is 1. The van der Waals surface area contributed by atoms with E-state index in [1.54, 1.807) is 0 Å². The molecule has 0 fully saturated rings. The van der Waals surface area contributed by atoms with Crippen molar-refractivity contribution in [2.75, 3.05) is 0 Å². The third-order valence-electron chi connectivity index (χ3n) is 0.477. The minimum atomic E-state index is -0.461. The van der Waals surface area contributed by atoms with Gasteiger partial charge in [-0.25, -0.2) is 0 Å². The molecule has 0 saturated carbocycles. The van der Waals surface area contributed by atoms with Gasteiger partial charge in [-0.3, -0.25) is 0 Å². The van der Waals surface area contributed by atoms with E-state index < -0.39 is 5.91 Å².